The molecular formula is C47H53Cl2N7O5. The van der Waals surface area contributed by atoms with Crippen LogP contribution >= 0.6 is 23.2 Å². The van der Waals surface area contributed by atoms with Crippen molar-refractivity contribution in [3.8, 4) is 16.9 Å². The number of amides is 1. The summed E-state index contributed by atoms with van der Waals surface area (Å²) >= 11 is 13.7. The summed E-state index contributed by atoms with van der Waals surface area (Å²) in [4.78, 5) is 44.1. The Bertz CT molecular complexity index is 2640. The fraction of sp³-hybridized carbons (Fsp3) is 0.404. The number of hydrogen-bond donors (Lipinski definition) is 1. The highest BCUT2D eigenvalue weighted by molar-refractivity contribution is 6.35. The molecule has 0 unspecified atom stereocenters. The number of fused-ring (bicyclic) bond motifs is 4. The number of aromatic nitrogens is 4. The summed E-state index contributed by atoms with van der Waals surface area (Å²) < 4.78 is 16.0. The molecule has 0 saturated carbocycles. The second-order valence-electron chi connectivity index (χ2n) is 16.6. The second-order valence-corrected chi connectivity index (χ2v) is 17.4. The molecule has 0 aliphatic carbocycles. The van der Waals surface area contributed by atoms with Gasteiger partial charge in [-0.25, -0.2) is 14.8 Å². The van der Waals surface area contributed by atoms with Crippen LogP contribution in [0.1, 0.15) is 74.1 Å². The van der Waals surface area contributed by atoms with Crippen molar-refractivity contribution in [3.63, 3.8) is 0 Å². The summed E-state index contributed by atoms with van der Waals surface area (Å²) in [6, 6.07) is 14.7. The minimum absolute atomic E-state index is 0.150. The van der Waals surface area contributed by atoms with Gasteiger partial charge in [0.1, 0.15) is 23.1 Å². The molecule has 1 fully saturated rings. The van der Waals surface area contributed by atoms with Crippen LogP contribution in [0.15, 0.2) is 48.5 Å². The lowest BCUT2D eigenvalue weighted by Gasteiger charge is -2.35. The molecule has 8 rings (SSSR count). The van der Waals surface area contributed by atoms with Crippen LogP contribution in [-0.2, 0) is 24.2 Å². The van der Waals surface area contributed by atoms with Crippen molar-refractivity contribution in [3.05, 3.63) is 104 Å². The number of carboxylic acid groups (broad SMARTS) is 1. The van der Waals surface area contributed by atoms with Crippen LogP contribution in [0.3, 0.4) is 0 Å². The van der Waals surface area contributed by atoms with Crippen molar-refractivity contribution in [1.82, 2.24) is 28.9 Å². The Balaban J connectivity index is 1.24. The standard InChI is InChI=1S/C47H53Cl2N7O5/c1-27-21-34(22-28(2)43(27)49)61-19-8-9-35-36-11-12-37(48)42(41-30(4)50-39(51-31(41)5)26-53-16-14-52(6)15-17-53)44(36)56-29(3)25-55(46(57)45(35)56)40-24-33-23-32(47(58)59)10-13-38(33)54(40)18-20-60-7/h10-13,21-24,29H,8-9,14-20,25-26H2,1-7H3,(H,58,59)/t29-/m1/s1. The van der Waals surface area contributed by atoms with E-state index >= 15 is 4.79 Å². The predicted molar refractivity (Wildman–Crippen MR) is 242 cm³/mol. The van der Waals surface area contributed by atoms with Gasteiger partial charge in [-0.3, -0.25) is 14.6 Å². The van der Waals surface area contributed by atoms with Gasteiger partial charge in [0.25, 0.3) is 5.91 Å². The van der Waals surface area contributed by atoms with Gasteiger partial charge in [0.2, 0.25) is 0 Å². The fourth-order valence-electron chi connectivity index (χ4n) is 9.25. The molecule has 14 heteroatoms. The molecule has 0 radical (unpaired) electrons. The lowest BCUT2D eigenvalue weighted by Crippen LogP contribution is -2.44. The molecule has 6 aromatic rings. The number of methoxy groups -OCH3 is 1. The van der Waals surface area contributed by atoms with Gasteiger partial charge in [0.05, 0.1) is 35.9 Å². The highest BCUT2D eigenvalue weighted by Gasteiger charge is 2.38. The van der Waals surface area contributed by atoms with Gasteiger partial charge in [-0.1, -0.05) is 29.3 Å². The van der Waals surface area contributed by atoms with Crippen LogP contribution < -0.4 is 9.64 Å². The molecular weight excluding hydrogens is 813 g/mol. The third-order valence-corrected chi connectivity index (χ3v) is 13.2. The molecule has 1 N–H and O–H groups in total. The summed E-state index contributed by atoms with van der Waals surface area (Å²) in [6.07, 6.45) is 1.20. The van der Waals surface area contributed by atoms with Gasteiger partial charge in [0, 0.05) is 96.2 Å². The summed E-state index contributed by atoms with van der Waals surface area (Å²) in [6.45, 7) is 16.4. The van der Waals surface area contributed by atoms with E-state index in [0.717, 1.165) is 104 Å². The smallest absolute Gasteiger partial charge is 0.335 e. The first-order valence-electron chi connectivity index (χ1n) is 20.9. The van der Waals surface area contributed by atoms with E-state index in [-0.39, 0.29) is 17.5 Å². The first-order chi connectivity index (χ1) is 29.2. The Morgan fingerprint density at radius 3 is 2.30 bits per heavy atom. The number of rotatable bonds is 13. The second kappa shape index (κ2) is 17.4. The first kappa shape index (κ1) is 42.7. The number of likely N-dealkylation sites (N-methyl/N-ethyl adjacent to an activating group) is 1. The number of carboxylic acids is 1. The van der Waals surface area contributed by atoms with Crippen molar-refractivity contribution >= 4 is 62.7 Å². The van der Waals surface area contributed by atoms with Gasteiger partial charge in [-0.2, -0.15) is 0 Å². The molecule has 1 amide bonds. The quantitative estimate of drug-likeness (QED) is 0.114. The SMILES string of the molecule is COCCn1c(N2C[C@@H](C)n3c(c(CCCOc4cc(C)c(Cl)c(C)c4)c4ccc(Cl)c(-c5c(C)nc(CN6CCN(C)CC6)nc5C)c43)C2=O)cc2cc(C(=O)O)ccc21. The number of ether oxygens (including phenoxy) is 2. The zero-order valence-electron chi connectivity index (χ0n) is 35.9. The maximum absolute atomic E-state index is 15.4. The average molecular weight is 867 g/mol. The maximum Gasteiger partial charge on any atom is 0.335 e. The Labute approximate surface area is 366 Å². The Hall–Kier alpha value is -4.98. The summed E-state index contributed by atoms with van der Waals surface area (Å²) in [5.74, 6) is 1.06. The van der Waals surface area contributed by atoms with Crippen molar-refractivity contribution in [1.29, 1.82) is 0 Å². The van der Waals surface area contributed by atoms with Crippen LogP contribution in [0.25, 0.3) is 32.9 Å². The molecule has 0 spiro atoms. The maximum atomic E-state index is 15.4. The summed E-state index contributed by atoms with van der Waals surface area (Å²) in [7, 11) is 3.79. The zero-order chi connectivity index (χ0) is 43.3. The topological polar surface area (TPSA) is 118 Å². The molecule has 2 aliphatic rings. The van der Waals surface area contributed by atoms with Crippen LogP contribution in [0.4, 0.5) is 5.82 Å². The lowest BCUT2D eigenvalue weighted by atomic mass is 9.97. The Morgan fingerprint density at radius 2 is 1.62 bits per heavy atom. The minimum Gasteiger partial charge on any atom is -0.494 e. The molecule has 61 heavy (non-hydrogen) atoms. The fourth-order valence-corrected chi connectivity index (χ4v) is 9.60. The van der Waals surface area contributed by atoms with Crippen LogP contribution in [-0.4, -0.2) is 106 Å². The molecule has 2 aliphatic heterocycles. The van der Waals surface area contributed by atoms with E-state index in [2.05, 4.69) is 28.3 Å². The number of piperazine rings is 1. The number of hydrogen-bond acceptors (Lipinski definition) is 8. The van der Waals surface area contributed by atoms with Crippen LogP contribution in [0.5, 0.6) is 5.75 Å². The van der Waals surface area contributed by atoms with Gasteiger partial charge < -0.3 is 28.6 Å². The molecule has 3 aromatic heterocycles. The van der Waals surface area contributed by atoms with E-state index < -0.39 is 5.97 Å². The number of aryl methyl sites for hydroxylation is 5. The predicted octanol–water partition coefficient (Wildman–Crippen LogP) is 8.92. The zero-order valence-corrected chi connectivity index (χ0v) is 37.5. The van der Waals surface area contributed by atoms with Crippen molar-refractivity contribution in [2.45, 2.75) is 66.6 Å². The molecule has 320 valence electrons. The number of aromatic carboxylic acids is 1. The van der Waals surface area contributed by atoms with E-state index in [4.69, 9.17) is 42.6 Å². The van der Waals surface area contributed by atoms with Gasteiger partial charge >= 0.3 is 5.97 Å². The molecule has 5 heterocycles. The minimum atomic E-state index is -1.01. The number of nitrogens with zero attached hydrogens (tertiary/aromatic N) is 7. The Morgan fingerprint density at radius 1 is 0.918 bits per heavy atom. The third kappa shape index (κ3) is 8.12. The van der Waals surface area contributed by atoms with Crippen LogP contribution in [0.2, 0.25) is 10.0 Å². The van der Waals surface area contributed by atoms with E-state index in [9.17, 15) is 9.90 Å². The van der Waals surface area contributed by atoms with E-state index in [1.165, 1.54) is 0 Å². The number of benzene rings is 3. The molecule has 0 bridgehead atoms. The van der Waals surface area contributed by atoms with E-state index in [1.807, 2.05) is 67.5 Å². The Kier molecular flexibility index (Phi) is 12.2. The largest absolute Gasteiger partial charge is 0.494 e. The number of anilines is 1. The third-order valence-electron chi connectivity index (χ3n) is 12.3. The van der Waals surface area contributed by atoms with Crippen molar-refractivity contribution in [2.75, 3.05) is 65.0 Å². The highest BCUT2D eigenvalue weighted by Crippen LogP contribution is 2.45. The summed E-state index contributed by atoms with van der Waals surface area (Å²) in [5.41, 5.74) is 8.67. The number of halogens is 2. The van der Waals surface area contributed by atoms with Crippen LogP contribution in [0, 0.1) is 27.7 Å². The normalized spacial score (nSPS) is 16.2. The first-order valence-corrected chi connectivity index (χ1v) is 21.7. The number of carbonyl (C=O) groups is 2. The van der Waals surface area contributed by atoms with E-state index in [1.54, 1.807) is 25.3 Å². The monoisotopic (exact) mass is 865 g/mol. The number of carbonyl (C=O) groups excluding carboxylic acids is 1. The van der Waals surface area contributed by atoms with Gasteiger partial charge in [-0.05, 0) is 114 Å². The molecule has 12 nitrogen and oxygen atoms in total. The summed E-state index contributed by atoms with van der Waals surface area (Å²) in [5, 5.41) is 12.8. The molecule has 1 atom stereocenters. The molecule has 3 aromatic carbocycles. The average Bonchev–Trinajstić information content (AvgIpc) is 3.76. The highest BCUT2D eigenvalue weighted by atomic mass is 35.5. The van der Waals surface area contributed by atoms with E-state index in [0.29, 0.717) is 62.2 Å². The van der Waals surface area contributed by atoms with Gasteiger partial charge in [0.15, 0.2) is 0 Å². The molecule has 1 saturated heterocycles. The lowest BCUT2D eigenvalue weighted by molar-refractivity contribution is 0.0696. The van der Waals surface area contributed by atoms with Crippen molar-refractivity contribution < 1.29 is 24.2 Å². The van der Waals surface area contributed by atoms with Crippen molar-refractivity contribution in [2.24, 2.45) is 0 Å². The van der Waals surface area contributed by atoms with Gasteiger partial charge in [-0.15, -0.1) is 0 Å².